The predicted octanol–water partition coefficient (Wildman–Crippen LogP) is 4.69. The number of carbonyl (C=O) groups is 6. The lowest BCUT2D eigenvalue weighted by Crippen LogP contribution is -2.37. The Hall–Kier alpha value is -8.81. The van der Waals surface area contributed by atoms with E-state index < -0.39 is 46.4 Å². The SMILES string of the molecule is C#C[C@]1(O)CCN(C)C1=O.CC1Cc2c(C(=O)O)nn(-c3cc(I)ccn3)c2CC1(C)C.C[C@@H]1Cc2c(C(N)=O)nn(-c3cc(C#C[C@]4(O)CCN(C)C4=O)ccn3)c2CC1(C)C.C[C@H]1Cc2c(C(N)=O)nn(-c3cc(C#C[C@]4(O)CCN(C)C4=O)ccn3)c2CC1(C)C. The van der Waals surface area contributed by atoms with Gasteiger partial charge in [-0.15, -0.1) is 6.42 Å². The summed E-state index contributed by atoms with van der Waals surface area (Å²) in [6, 6.07) is 10.7. The second-order valence-electron chi connectivity index (χ2n) is 27.7. The number of rotatable bonds is 6. The summed E-state index contributed by atoms with van der Waals surface area (Å²) in [5.41, 5.74) is 13.9. The Morgan fingerprint density at radius 2 is 0.862 bits per heavy atom. The third-order valence-corrected chi connectivity index (χ3v) is 20.5. The lowest BCUT2D eigenvalue weighted by molar-refractivity contribution is -0.138. The highest BCUT2D eigenvalue weighted by Gasteiger charge is 2.46. The van der Waals surface area contributed by atoms with Crippen molar-refractivity contribution in [1.82, 2.24) is 59.0 Å². The number of carboxylic acid groups (broad SMARTS) is 1. The summed E-state index contributed by atoms with van der Waals surface area (Å²) in [6.45, 7) is 21.3. The zero-order valence-corrected chi connectivity index (χ0v) is 57.3. The molecule has 0 aromatic carbocycles. The molecule has 0 radical (unpaired) electrons. The third-order valence-electron chi connectivity index (χ3n) is 19.8. The molecule has 3 aliphatic carbocycles. The van der Waals surface area contributed by atoms with Crippen LogP contribution in [0.1, 0.15) is 158 Å². The molecule has 6 aromatic rings. The Labute approximate surface area is 560 Å². The van der Waals surface area contributed by atoms with Crippen molar-refractivity contribution in [2.75, 3.05) is 40.8 Å². The van der Waals surface area contributed by atoms with Crippen LogP contribution < -0.4 is 11.5 Å². The lowest BCUT2D eigenvalue weighted by atomic mass is 9.69. The molecule has 0 spiro atoms. The molecule has 6 aliphatic rings. The number of carboxylic acids is 1. The van der Waals surface area contributed by atoms with Crippen molar-refractivity contribution in [3.63, 3.8) is 0 Å². The van der Waals surface area contributed by atoms with Gasteiger partial charge in [0.15, 0.2) is 34.5 Å². The number of primary amides is 2. The first-order chi connectivity index (χ1) is 43.9. The summed E-state index contributed by atoms with van der Waals surface area (Å²) in [6.07, 6.45) is 15.3. The maximum atomic E-state index is 12.2. The van der Waals surface area contributed by atoms with Gasteiger partial charge in [0.05, 0.1) is 17.1 Å². The van der Waals surface area contributed by atoms with E-state index in [2.05, 4.69) is 145 Å². The van der Waals surface area contributed by atoms with E-state index in [1.807, 2.05) is 12.1 Å². The van der Waals surface area contributed by atoms with Gasteiger partial charge in [0, 0.05) is 110 Å². The maximum absolute atomic E-state index is 12.2. The van der Waals surface area contributed by atoms with E-state index in [1.165, 1.54) is 14.7 Å². The molecule has 8 N–H and O–H groups in total. The van der Waals surface area contributed by atoms with E-state index in [4.69, 9.17) is 17.9 Å². The minimum absolute atomic E-state index is 0.0370. The first-order valence-corrected chi connectivity index (χ1v) is 32.2. The van der Waals surface area contributed by atoms with Crippen LogP contribution in [0.5, 0.6) is 0 Å². The highest BCUT2D eigenvalue weighted by atomic mass is 127. The van der Waals surface area contributed by atoms with Crippen LogP contribution in [0.25, 0.3) is 17.5 Å². The Bertz CT molecular complexity index is 4050. The van der Waals surface area contributed by atoms with Crippen LogP contribution in [0, 0.1) is 73.6 Å². The molecular formula is C69H81IN14O10. The van der Waals surface area contributed by atoms with Crippen molar-refractivity contribution in [3.05, 3.63) is 121 Å². The average molecular weight is 1390 g/mol. The van der Waals surface area contributed by atoms with E-state index in [-0.39, 0.29) is 52.1 Å². The molecule has 94 heavy (non-hydrogen) atoms. The van der Waals surface area contributed by atoms with E-state index in [9.17, 15) is 49.2 Å². The molecule has 3 fully saturated rings. The number of aromatic carboxylic acids is 1. The smallest absolute Gasteiger partial charge is 0.356 e. The standard InChI is InChI=1S/2C23H27N5O3.C16H18IN3O2.C7H9NO2/c2*1-14-11-16-17(13-22(14,2)3)28(26-19(16)20(24)29)18-12-15(6-9-25-18)5-7-23(31)8-10-27(4)21(23)30;1-9-6-11-12(8-16(9,2)3)20(19-14(11)15(21)22)13-7-10(17)4-5-18-13;1-3-7(10)4-5-8(2)6(7)9/h2*6,9,12,14,31H,8,10-11,13H2,1-4H3,(H2,24,29);4-5,7,9H,6,8H2,1-3H3,(H,21,22);1,10H,4-5H2,2H3/t14-,23+;14-,23-;;7-/m10.0/s1. The second kappa shape index (κ2) is 26.2. The molecule has 1 unspecified atom stereocenters. The summed E-state index contributed by atoms with van der Waals surface area (Å²) in [4.78, 5) is 88.5. The minimum atomic E-state index is -1.66. The van der Waals surface area contributed by atoms with Crippen LogP contribution >= 0.6 is 22.6 Å². The summed E-state index contributed by atoms with van der Waals surface area (Å²) < 4.78 is 6.12. The zero-order chi connectivity index (χ0) is 68.9. The molecule has 6 atom stereocenters. The third kappa shape index (κ3) is 13.9. The maximum Gasteiger partial charge on any atom is 0.356 e. The van der Waals surface area contributed by atoms with Gasteiger partial charge in [0.1, 0.15) is 0 Å². The van der Waals surface area contributed by atoms with Crippen LogP contribution in [0.2, 0.25) is 0 Å². The molecule has 0 saturated carbocycles. The van der Waals surface area contributed by atoms with Crippen molar-refractivity contribution in [2.45, 2.75) is 137 Å². The van der Waals surface area contributed by atoms with Gasteiger partial charge in [0.25, 0.3) is 29.5 Å². The Balaban J connectivity index is 0.000000156. The molecule has 12 rings (SSSR count). The number of carbonyl (C=O) groups excluding carboxylic acids is 5. The first kappa shape index (κ1) is 69.5. The molecule has 25 heteroatoms. The summed E-state index contributed by atoms with van der Waals surface area (Å²) in [7, 11) is 4.91. The van der Waals surface area contributed by atoms with Gasteiger partial charge in [-0.25, -0.2) is 33.8 Å². The van der Waals surface area contributed by atoms with Gasteiger partial charge in [-0.2, -0.15) is 15.3 Å². The normalized spacial score (nSPS) is 24.2. The molecule has 3 saturated heterocycles. The molecule has 0 bridgehead atoms. The Morgan fingerprint density at radius 3 is 1.16 bits per heavy atom. The van der Waals surface area contributed by atoms with Gasteiger partial charge >= 0.3 is 5.97 Å². The monoisotopic (exact) mass is 1390 g/mol. The molecule has 3 aliphatic heterocycles. The summed E-state index contributed by atoms with van der Waals surface area (Å²) in [5, 5.41) is 53.2. The number of halogens is 1. The number of aliphatic hydroxyl groups is 3. The van der Waals surface area contributed by atoms with Crippen LogP contribution in [-0.2, 0) is 52.9 Å². The molecule has 9 heterocycles. The van der Waals surface area contributed by atoms with Crippen molar-refractivity contribution in [3.8, 4) is 53.5 Å². The molecule has 24 nitrogen and oxygen atoms in total. The van der Waals surface area contributed by atoms with Crippen LogP contribution in [0.15, 0.2) is 55.0 Å². The Kier molecular flexibility index (Phi) is 19.4. The fraction of sp³-hybridized carbons (Fsp3) is 0.478. The van der Waals surface area contributed by atoms with E-state index in [0.29, 0.717) is 72.4 Å². The highest BCUT2D eigenvalue weighted by molar-refractivity contribution is 14.1. The van der Waals surface area contributed by atoms with Gasteiger partial charge in [-0.1, -0.05) is 91.9 Å². The number of fused-ring (bicyclic) bond motifs is 3. The Morgan fingerprint density at radius 1 is 0.543 bits per heavy atom. The lowest BCUT2D eigenvalue weighted by Gasteiger charge is -2.36. The van der Waals surface area contributed by atoms with Crippen molar-refractivity contribution >= 4 is 58.1 Å². The number of hydrogen-bond acceptors (Lipinski definition) is 15. The fourth-order valence-corrected chi connectivity index (χ4v) is 12.8. The minimum Gasteiger partial charge on any atom is -0.476 e. The van der Waals surface area contributed by atoms with Crippen LogP contribution in [0.3, 0.4) is 0 Å². The van der Waals surface area contributed by atoms with Crippen molar-refractivity contribution < 1.29 is 49.2 Å². The molecule has 5 amide bonds. The molecular weight excluding hydrogens is 1310 g/mol. The fourth-order valence-electron chi connectivity index (χ4n) is 12.4. The number of nitrogens with two attached hydrogens (primary N) is 2. The number of amides is 5. The molecule has 494 valence electrons. The average Bonchev–Trinajstić information content (AvgIpc) is 1.59. The number of nitrogens with zero attached hydrogens (tertiary/aromatic N) is 12. The van der Waals surface area contributed by atoms with E-state index in [0.717, 1.165) is 75.9 Å². The topological polar surface area (TPSA) is 337 Å². The van der Waals surface area contributed by atoms with Gasteiger partial charge in [0.2, 0.25) is 16.8 Å². The largest absolute Gasteiger partial charge is 0.476 e. The highest BCUT2D eigenvalue weighted by Crippen LogP contribution is 2.44. The van der Waals surface area contributed by atoms with Gasteiger partial charge < -0.3 is 46.6 Å². The number of terminal acetylenes is 1. The van der Waals surface area contributed by atoms with E-state index >= 15 is 0 Å². The van der Waals surface area contributed by atoms with Crippen LogP contribution in [0.4, 0.5) is 0 Å². The second-order valence-corrected chi connectivity index (χ2v) is 28.9. The number of pyridine rings is 3. The molecule has 6 aromatic heterocycles. The van der Waals surface area contributed by atoms with Crippen molar-refractivity contribution in [2.24, 2.45) is 45.5 Å². The van der Waals surface area contributed by atoms with Gasteiger partial charge in [-0.3, -0.25) is 24.0 Å². The summed E-state index contributed by atoms with van der Waals surface area (Å²) >= 11 is 2.22. The van der Waals surface area contributed by atoms with Crippen LogP contribution in [-0.4, -0.2) is 173 Å². The van der Waals surface area contributed by atoms with Gasteiger partial charge in [-0.05, 0) is 132 Å². The van der Waals surface area contributed by atoms with Crippen molar-refractivity contribution in [1.29, 1.82) is 0 Å². The number of likely N-dealkylation sites (tertiary alicyclic amines) is 3. The predicted molar refractivity (Wildman–Crippen MR) is 356 cm³/mol. The number of aromatic nitrogens is 9. The first-order valence-electron chi connectivity index (χ1n) is 31.1. The summed E-state index contributed by atoms with van der Waals surface area (Å²) in [5.74, 6) is 13.0. The zero-order valence-electron chi connectivity index (χ0n) is 55.1. The number of hydrogen-bond donors (Lipinski definition) is 6. The number of likely N-dealkylation sites (N-methyl/N-ethyl adjacent to an activating group) is 3. The van der Waals surface area contributed by atoms with E-state index in [1.54, 1.807) is 78.0 Å². The quantitative estimate of drug-likeness (QED) is 0.0973.